The van der Waals surface area contributed by atoms with Crippen LogP contribution >= 0.6 is 0 Å². The summed E-state index contributed by atoms with van der Waals surface area (Å²) < 4.78 is 7.76. The van der Waals surface area contributed by atoms with Crippen molar-refractivity contribution in [1.29, 1.82) is 0 Å². The summed E-state index contributed by atoms with van der Waals surface area (Å²) in [6, 6.07) is 17.9. The van der Waals surface area contributed by atoms with Crippen molar-refractivity contribution in [3.8, 4) is 11.4 Å². The number of benzene rings is 2. The first kappa shape index (κ1) is 14.7. The topological polar surface area (TPSA) is 64.9 Å². The van der Waals surface area contributed by atoms with Gasteiger partial charge in [0.1, 0.15) is 5.75 Å². The Morgan fingerprint density at radius 2 is 1.83 bits per heavy atom. The molecule has 0 atom stereocenters. The summed E-state index contributed by atoms with van der Waals surface area (Å²) in [5.74, 6) is 1.55. The van der Waals surface area contributed by atoms with Gasteiger partial charge in [-0.2, -0.15) is 4.68 Å². The highest BCUT2D eigenvalue weighted by Crippen LogP contribution is 2.28. The SMILES string of the molecule is c1ccc(-n2nnnc2NCc2ccccc2OC2CCC2)cc1. The lowest BCUT2D eigenvalue weighted by atomic mass is 9.96. The maximum atomic E-state index is 6.07. The van der Waals surface area contributed by atoms with E-state index in [1.165, 1.54) is 6.42 Å². The van der Waals surface area contributed by atoms with Crippen molar-refractivity contribution >= 4 is 5.95 Å². The third kappa shape index (κ3) is 3.08. The number of aromatic nitrogens is 4. The average molecular weight is 321 g/mol. The molecular weight excluding hydrogens is 302 g/mol. The Balaban J connectivity index is 1.49. The zero-order valence-corrected chi connectivity index (χ0v) is 13.3. The minimum atomic E-state index is 0.362. The van der Waals surface area contributed by atoms with Crippen molar-refractivity contribution in [2.45, 2.75) is 31.9 Å². The second-order valence-electron chi connectivity index (χ2n) is 5.88. The van der Waals surface area contributed by atoms with Gasteiger partial charge in [0.2, 0.25) is 5.95 Å². The normalized spacial score (nSPS) is 14.2. The number of tetrazole rings is 1. The predicted octanol–water partition coefficient (Wildman–Crippen LogP) is 3.21. The van der Waals surface area contributed by atoms with Gasteiger partial charge in [0.05, 0.1) is 11.8 Å². The Hall–Kier alpha value is -2.89. The van der Waals surface area contributed by atoms with Crippen LogP contribution in [-0.2, 0) is 6.54 Å². The molecular formula is C18H19N5O. The van der Waals surface area contributed by atoms with E-state index in [-0.39, 0.29) is 0 Å². The number of nitrogens with one attached hydrogen (secondary N) is 1. The summed E-state index contributed by atoms with van der Waals surface area (Å²) in [6.45, 7) is 0.607. The molecule has 0 spiro atoms. The maximum Gasteiger partial charge on any atom is 0.248 e. The van der Waals surface area contributed by atoms with Crippen LogP contribution in [0.2, 0.25) is 0 Å². The highest BCUT2D eigenvalue weighted by atomic mass is 16.5. The molecule has 0 saturated heterocycles. The van der Waals surface area contributed by atoms with Gasteiger partial charge in [-0.25, -0.2) is 0 Å². The van der Waals surface area contributed by atoms with Crippen LogP contribution in [0.25, 0.3) is 5.69 Å². The van der Waals surface area contributed by atoms with E-state index in [1.54, 1.807) is 4.68 Å². The number of para-hydroxylation sites is 2. The van der Waals surface area contributed by atoms with Gasteiger partial charge in [0, 0.05) is 12.1 Å². The molecule has 0 radical (unpaired) electrons. The fourth-order valence-electron chi connectivity index (χ4n) is 2.65. The third-order valence-corrected chi connectivity index (χ3v) is 4.23. The molecule has 1 N–H and O–H groups in total. The lowest BCUT2D eigenvalue weighted by molar-refractivity contribution is 0.119. The van der Waals surface area contributed by atoms with Crippen molar-refractivity contribution in [2.24, 2.45) is 0 Å². The van der Waals surface area contributed by atoms with Crippen LogP contribution < -0.4 is 10.1 Å². The van der Waals surface area contributed by atoms with E-state index in [2.05, 4.69) is 26.9 Å². The third-order valence-electron chi connectivity index (χ3n) is 4.23. The Kier molecular flexibility index (Phi) is 4.10. The molecule has 6 heteroatoms. The molecule has 0 amide bonds. The molecule has 1 aromatic heterocycles. The Bertz CT molecular complexity index is 798. The molecule has 0 unspecified atom stereocenters. The van der Waals surface area contributed by atoms with Gasteiger partial charge in [-0.05, 0) is 47.9 Å². The molecule has 1 fully saturated rings. The van der Waals surface area contributed by atoms with Crippen LogP contribution in [0, 0.1) is 0 Å². The minimum absolute atomic E-state index is 0.362. The molecule has 4 rings (SSSR count). The number of nitrogens with zero attached hydrogens (tertiary/aromatic N) is 4. The molecule has 1 aliphatic rings. The first-order valence-electron chi connectivity index (χ1n) is 8.22. The first-order chi connectivity index (χ1) is 11.9. The van der Waals surface area contributed by atoms with Crippen molar-refractivity contribution in [3.63, 3.8) is 0 Å². The monoisotopic (exact) mass is 321 g/mol. The maximum absolute atomic E-state index is 6.07. The average Bonchev–Trinajstić information content (AvgIpc) is 3.06. The molecule has 24 heavy (non-hydrogen) atoms. The Morgan fingerprint density at radius 1 is 1.04 bits per heavy atom. The molecule has 6 nitrogen and oxygen atoms in total. The highest BCUT2D eigenvalue weighted by Gasteiger charge is 2.20. The molecule has 3 aromatic rings. The molecule has 0 aliphatic heterocycles. The predicted molar refractivity (Wildman–Crippen MR) is 91.2 cm³/mol. The van der Waals surface area contributed by atoms with Crippen LogP contribution in [0.1, 0.15) is 24.8 Å². The van der Waals surface area contributed by atoms with E-state index in [4.69, 9.17) is 4.74 Å². The summed E-state index contributed by atoms with van der Waals surface area (Å²) in [6.07, 6.45) is 3.92. The van der Waals surface area contributed by atoms with Crippen LogP contribution in [0.3, 0.4) is 0 Å². The second-order valence-corrected chi connectivity index (χ2v) is 5.88. The number of anilines is 1. The molecule has 2 aromatic carbocycles. The van der Waals surface area contributed by atoms with Crippen molar-refractivity contribution in [1.82, 2.24) is 20.2 Å². The number of hydrogen-bond acceptors (Lipinski definition) is 5. The fraction of sp³-hybridized carbons (Fsp3) is 0.278. The first-order valence-corrected chi connectivity index (χ1v) is 8.22. The molecule has 122 valence electrons. The fourth-order valence-corrected chi connectivity index (χ4v) is 2.65. The lowest BCUT2D eigenvalue weighted by Gasteiger charge is -2.27. The van der Waals surface area contributed by atoms with Crippen LogP contribution in [0.5, 0.6) is 5.75 Å². The van der Waals surface area contributed by atoms with Crippen LogP contribution in [-0.4, -0.2) is 26.3 Å². The zero-order valence-electron chi connectivity index (χ0n) is 13.3. The molecule has 1 aliphatic carbocycles. The van der Waals surface area contributed by atoms with Crippen LogP contribution in [0.4, 0.5) is 5.95 Å². The number of rotatable bonds is 6. The van der Waals surface area contributed by atoms with E-state index in [0.717, 1.165) is 29.8 Å². The number of hydrogen-bond donors (Lipinski definition) is 1. The smallest absolute Gasteiger partial charge is 0.248 e. The summed E-state index contributed by atoms with van der Waals surface area (Å²) in [5, 5.41) is 15.2. The van der Waals surface area contributed by atoms with E-state index in [0.29, 0.717) is 18.6 Å². The standard InChI is InChI=1S/C18H19N5O/c1-2-8-15(9-3-1)23-18(20-21-22-23)19-13-14-7-4-5-12-17(14)24-16-10-6-11-16/h1-5,7-9,12,16H,6,10-11,13H2,(H,19,20,22). The van der Waals surface area contributed by atoms with Gasteiger partial charge in [0.15, 0.2) is 0 Å². The van der Waals surface area contributed by atoms with Crippen molar-refractivity contribution in [3.05, 3.63) is 60.2 Å². The summed E-state index contributed by atoms with van der Waals surface area (Å²) >= 11 is 0. The second kappa shape index (κ2) is 6.70. The molecule has 1 heterocycles. The largest absolute Gasteiger partial charge is 0.490 e. The van der Waals surface area contributed by atoms with E-state index in [9.17, 15) is 0 Å². The lowest BCUT2D eigenvalue weighted by Crippen LogP contribution is -2.25. The Morgan fingerprint density at radius 3 is 2.62 bits per heavy atom. The van der Waals surface area contributed by atoms with Crippen molar-refractivity contribution < 1.29 is 4.74 Å². The summed E-state index contributed by atoms with van der Waals surface area (Å²) in [7, 11) is 0. The van der Waals surface area contributed by atoms with Crippen LogP contribution in [0.15, 0.2) is 54.6 Å². The van der Waals surface area contributed by atoms with Gasteiger partial charge in [-0.1, -0.05) is 41.5 Å². The summed E-state index contributed by atoms with van der Waals surface area (Å²) in [4.78, 5) is 0. The molecule has 1 saturated carbocycles. The van der Waals surface area contributed by atoms with Gasteiger partial charge in [0.25, 0.3) is 0 Å². The minimum Gasteiger partial charge on any atom is -0.490 e. The van der Waals surface area contributed by atoms with Gasteiger partial charge >= 0.3 is 0 Å². The quantitative estimate of drug-likeness (QED) is 0.755. The van der Waals surface area contributed by atoms with E-state index in [1.807, 2.05) is 48.5 Å². The van der Waals surface area contributed by atoms with E-state index < -0.39 is 0 Å². The molecule has 0 bridgehead atoms. The van der Waals surface area contributed by atoms with E-state index >= 15 is 0 Å². The Labute approximate surface area is 140 Å². The highest BCUT2D eigenvalue weighted by molar-refractivity contribution is 5.41. The van der Waals surface area contributed by atoms with Gasteiger partial charge in [-0.3, -0.25) is 0 Å². The van der Waals surface area contributed by atoms with Crippen molar-refractivity contribution in [2.75, 3.05) is 5.32 Å². The van der Waals surface area contributed by atoms with Gasteiger partial charge < -0.3 is 10.1 Å². The van der Waals surface area contributed by atoms with Gasteiger partial charge in [-0.15, -0.1) is 0 Å². The zero-order chi connectivity index (χ0) is 16.2. The number of ether oxygens (including phenoxy) is 1. The summed E-state index contributed by atoms with van der Waals surface area (Å²) in [5.41, 5.74) is 2.02.